The van der Waals surface area contributed by atoms with E-state index in [-0.39, 0.29) is 30.2 Å². The molecule has 1 atom stereocenters. The molecule has 1 aromatic rings. The third kappa shape index (κ3) is 5.18. The topological polar surface area (TPSA) is 79.5 Å². The van der Waals surface area contributed by atoms with E-state index >= 15 is 0 Å². The van der Waals surface area contributed by atoms with Crippen molar-refractivity contribution in [3.63, 3.8) is 0 Å². The standard InChI is InChI=1S/C14H22N4O3S/c1-6-12(19)18(5)9-13(20)17(4)8-11-15-14(16-21-11)10(3)22-7-2/h6,10H,1,7-9H2,2-5H3. The summed E-state index contributed by atoms with van der Waals surface area (Å²) in [6.07, 6.45) is 1.17. The number of rotatable bonds is 8. The van der Waals surface area contributed by atoms with E-state index in [9.17, 15) is 9.59 Å². The fourth-order valence-corrected chi connectivity index (χ4v) is 2.42. The molecule has 0 saturated heterocycles. The second kappa shape index (κ2) is 8.57. The average Bonchev–Trinajstić information content (AvgIpc) is 2.94. The minimum Gasteiger partial charge on any atom is -0.337 e. The van der Waals surface area contributed by atoms with E-state index in [1.54, 1.807) is 25.9 Å². The molecule has 22 heavy (non-hydrogen) atoms. The predicted molar refractivity (Wildman–Crippen MR) is 85.2 cm³/mol. The first-order chi connectivity index (χ1) is 10.4. The summed E-state index contributed by atoms with van der Waals surface area (Å²) in [7, 11) is 3.17. The maximum atomic E-state index is 12.0. The Bertz CT molecular complexity index is 532. The Morgan fingerprint density at radius 1 is 1.41 bits per heavy atom. The van der Waals surface area contributed by atoms with E-state index < -0.39 is 0 Å². The Balaban J connectivity index is 2.57. The normalized spacial score (nSPS) is 11.8. The number of amides is 2. The van der Waals surface area contributed by atoms with Gasteiger partial charge in [0.15, 0.2) is 5.82 Å². The van der Waals surface area contributed by atoms with Gasteiger partial charge in [0.1, 0.15) is 0 Å². The lowest BCUT2D eigenvalue weighted by Crippen LogP contribution is -2.38. The Morgan fingerprint density at radius 3 is 2.68 bits per heavy atom. The van der Waals surface area contributed by atoms with Crippen LogP contribution in [0.3, 0.4) is 0 Å². The molecular weight excluding hydrogens is 304 g/mol. The molecule has 1 unspecified atom stereocenters. The van der Waals surface area contributed by atoms with Crippen LogP contribution in [0.25, 0.3) is 0 Å². The average molecular weight is 326 g/mol. The molecule has 1 rings (SSSR count). The van der Waals surface area contributed by atoms with Gasteiger partial charge in [-0.05, 0) is 18.8 Å². The van der Waals surface area contributed by atoms with Gasteiger partial charge in [-0.1, -0.05) is 18.7 Å². The fraction of sp³-hybridized carbons (Fsp3) is 0.571. The molecule has 122 valence electrons. The van der Waals surface area contributed by atoms with Crippen molar-refractivity contribution in [1.82, 2.24) is 19.9 Å². The van der Waals surface area contributed by atoms with E-state index in [1.165, 1.54) is 15.9 Å². The first-order valence-electron chi connectivity index (χ1n) is 6.94. The van der Waals surface area contributed by atoms with Crippen LogP contribution in [-0.4, -0.2) is 58.1 Å². The molecule has 0 bridgehead atoms. The number of likely N-dealkylation sites (N-methyl/N-ethyl adjacent to an activating group) is 2. The lowest BCUT2D eigenvalue weighted by Gasteiger charge is -2.19. The highest BCUT2D eigenvalue weighted by atomic mass is 32.2. The maximum Gasteiger partial charge on any atom is 0.246 e. The molecule has 0 aliphatic rings. The van der Waals surface area contributed by atoms with Crippen LogP contribution in [0, 0.1) is 0 Å². The van der Waals surface area contributed by atoms with Crippen molar-refractivity contribution in [3.8, 4) is 0 Å². The molecule has 0 saturated carbocycles. The molecule has 0 aliphatic heterocycles. The van der Waals surface area contributed by atoms with Crippen molar-refractivity contribution in [2.45, 2.75) is 25.6 Å². The third-order valence-electron chi connectivity index (χ3n) is 2.99. The van der Waals surface area contributed by atoms with Crippen molar-refractivity contribution in [3.05, 3.63) is 24.4 Å². The highest BCUT2D eigenvalue weighted by Gasteiger charge is 2.18. The second-order valence-corrected chi connectivity index (χ2v) is 6.41. The molecule has 7 nitrogen and oxygen atoms in total. The molecule has 0 spiro atoms. The van der Waals surface area contributed by atoms with Crippen LogP contribution in [0.2, 0.25) is 0 Å². The zero-order valence-corrected chi connectivity index (χ0v) is 14.2. The summed E-state index contributed by atoms with van der Waals surface area (Å²) in [5, 5.41) is 4.08. The molecule has 2 amide bonds. The minimum absolute atomic E-state index is 0.0234. The Kier molecular flexibility index (Phi) is 7.10. The van der Waals surface area contributed by atoms with Crippen molar-refractivity contribution >= 4 is 23.6 Å². The Morgan fingerprint density at radius 2 is 2.09 bits per heavy atom. The highest BCUT2D eigenvalue weighted by molar-refractivity contribution is 7.99. The van der Waals surface area contributed by atoms with Gasteiger partial charge in [-0.25, -0.2) is 0 Å². The lowest BCUT2D eigenvalue weighted by atomic mass is 10.4. The van der Waals surface area contributed by atoms with Gasteiger partial charge < -0.3 is 14.3 Å². The summed E-state index contributed by atoms with van der Waals surface area (Å²) in [6, 6.07) is 0. The SMILES string of the molecule is C=CC(=O)N(C)CC(=O)N(C)Cc1nc(C(C)SCC)no1. The van der Waals surface area contributed by atoms with Gasteiger partial charge in [-0.2, -0.15) is 16.7 Å². The molecule has 1 aromatic heterocycles. The van der Waals surface area contributed by atoms with Gasteiger partial charge in [-0.3, -0.25) is 9.59 Å². The van der Waals surface area contributed by atoms with E-state index in [4.69, 9.17) is 4.52 Å². The molecule has 0 N–H and O–H groups in total. The Hall–Kier alpha value is -1.83. The summed E-state index contributed by atoms with van der Waals surface area (Å²) >= 11 is 1.72. The van der Waals surface area contributed by atoms with Crippen LogP contribution in [0.1, 0.15) is 30.8 Å². The third-order valence-corrected chi connectivity index (χ3v) is 4.03. The molecule has 0 aromatic carbocycles. The van der Waals surface area contributed by atoms with E-state index in [0.29, 0.717) is 11.7 Å². The summed E-state index contributed by atoms with van der Waals surface area (Å²) in [4.78, 5) is 30.4. The number of thioether (sulfide) groups is 1. The number of carbonyl (C=O) groups excluding carboxylic acids is 2. The quantitative estimate of drug-likeness (QED) is 0.673. The monoisotopic (exact) mass is 326 g/mol. The number of aromatic nitrogens is 2. The highest BCUT2D eigenvalue weighted by Crippen LogP contribution is 2.25. The van der Waals surface area contributed by atoms with Gasteiger partial charge in [0.05, 0.1) is 18.3 Å². The van der Waals surface area contributed by atoms with Gasteiger partial charge in [0.2, 0.25) is 17.7 Å². The van der Waals surface area contributed by atoms with Crippen molar-refractivity contribution in [1.29, 1.82) is 0 Å². The van der Waals surface area contributed by atoms with Crippen molar-refractivity contribution in [2.24, 2.45) is 0 Å². The first-order valence-corrected chi connectivity index (χ1v) is 7.99. The van der Waals surface area contributed by atoms with E-state index in [2.05, 4.69) is 23.6 Å². The molecule has 1 heterocycles. The molecule has 0 fully saturated rings. The Labute approximate surface area is 134 Å². The summed E-state index contributed by atoms with van der Waals surface area (Å²) in [5.41, 5.74) is 0. The van der Waals surface area contributed by atoms with Gasteiger partial charge >= 0.3 is 0 Å². The fourth-order valence-electron chi connectivity index (χ4n) is 1.67. The lowest BCUT2D eigenvalue weighted by molar-refractivity contribution is -0.136. The van der Waals surface area contributed by atoms with Gasteiger partial charge in [0, 0.05) is 14.1 Å². The van der Waals surface area contributed by atoms with Crippen LogP contribution in [0.4, 0.5) is 0 Å². The predicted octanol–water partition coefficient (Wildman–Crippen LogP) is 1.49. The summed E-state index contributed by atoms with van der Waals surface area (Å²) in [6.45, 7) is 7.65. The number of nitrogens with zero attached hydrogens (tertiary/aromatic N) is 4. The van der Waals surface area contributed by atoms with Crippen LogP contribution >= 0.6 is 11.8 Å². The smallest absolute Gasteiger partial charge is 0.246 e. The number of hydrogen-bond donors (Lipinski definition) is 0. The molecular formula is C14H22N4O3S. The van der Waals surface area contributed by atoms with Crippen molar-refractivity contribution < 1.29 is 14.1 Å². The zero-order chi connectivity index (χ0) is 16.7. The minimum atomic E-state index is -0.299. The summed E-state index contributed by atoms with van der Waals surface area (Å²) < 4.78 is 5.16. The van der Waals surface area contributed by atoms with Crippen LogP contribution in [0.15, 0.2) is 17.2 Å². The van der Waals surface area contributed by atoms with Gasteiger partial charge in [0.25, 0.3) is 0 Å². The first kappa shape index (κ1) is 18.2. The van der Waals surface area contributed by atoms with E-state index in [1.807, 2.05) is 6.92 Å². The van der Waals surface area contributed by atoms with Crippen molar-refractivity contribution in [2.75, 3.05) is 26.4 Å². The molecule has 8 heteroatoms. The molecule has 0 aliphatic carbocycles. The zero-order valence-electron chi connectivity index (χ0n) is 13.4. The summed E-state index contributed by atoms with van der Waals surface area (Å²) in [5.74, 6) is 1.46. The maximum absolute atomic E-state index is 12.0. The molecule has 0 radical (unpaired) electrons. The van der Waals surface area contributed by atoms with Gasteiger partial charge in [-0.15, -0.1) is 0 Å². The van der Waals surface area contributed by atoms with Crippen LogP contribution < -0.4 is 0 Å². The number of carbonyl (C=O) groups is 2. The van der Waals surface area contributed by atoms with E-state index in [0.717, 1.165) is 5.75 Å². The van der Waals surface area contributed by atoms with Crippen LogP contribution in [0.5, 0.6) is 0 Å². The number of hydrogen-bond acceptors (Lipinski definition) is 6. The largest absolute Gasteiger partial charge is 0.337 e. The van der Waals surface area contributed by atoms with Crippen LogP contribution in [-0.2, 0) is 16.1 Å². The second-order valence-electron chi connectivity index (χ2n) is 4.79.